The van der Waals surface area contributed by atoms with Gasteiger partial charge < -0.3 is 10.4 Å². The van der Waals surface area contributed by atoms with Crippen molar-refractivity contribution in [3.05, 3.63) is 40.6 Å². The van der Waals surface area contributed by atoms with E-state index in [2.05, 4.69) is 5.32 Å². The summed E-state index contributed by atoms with van der Waals surface area (Å²) in [6.07, 6.45) is 0. The molecule has 2 N–H and O–H groups in total. The van der Waals surface area contributed by atoms with Crippen molar-refractivity contribution in [2.75, 3.05) is 0 Å². The molecular formula is C13H15NO2. The Balaban J connectivity index is 2.60. The molecule has 0 aromatic heterocycles. The Labute approximate surface area is 94.8 Å². The molecule has 0 saturated carbocycles. The topological polar surface area (TPSA) is 49.3 Å². The van der Waals surface area contributed by atoms with Crippen molar-refractivity contribution < 1.29 is 9.90 Å². The summed E-state index contributed by atoms with van der Waals surface area (Å²) < 4.78 is 0. The van der Waals surface area contributed by atoms with Crippen molar-refractivity contribution in [2.45, 2.75) is 26.8 Å². The van der Waals surface area contributed by atoms with Crippen molar-refractivity contribution in [3.63, 3.8) is 0 Å². The molecule has 0 aliphatic carbocycles. The van der Waals surface area contributed by atoms with Gasteiger partial charge in [-0.3, -0.25) is 4.79 Å². The maximum Gasteiger partial charge on any atom is 0.255 e. The van der Waals surface area contributed by atoms with Crippen molar-refractivity contribution in [1.82, 2.24) is 5.32 Å². The number of hydrogen-bond donors (Lipinski definition) is 2. The molecule has 0 bridgehead atoms. The fraction of sp³-hybridized carbons (Fsp3) is 0.308. The van der Waals surface area contributed by atoms with Crippen LogP contribution >= 0.6 is 0 Å². The van der Waals surface area contributed by atoms with Crippen molar-refractivity contribution in [2.24, 2.45) is 0 Å². The van der Waals surface area contributed by atoms with Crippen LogP contribution in [0.3, 0.4) is 0 Å². The molecule has 1 aromatic rings. The van der Waals surface area contributed by atoms with E-state index in [1.54, 1.807) is 6.92 Å². The normalized spacial score (nSPS) is 20.2. The van der Waals surface area contributed by atoms with Crippen molar-refractivity contribution in [1.29, 1.82) is 0 Å². The third kappa shape index (κ3) is 1.58. The van der Waals surface area contributed by atoms with Gasteiger partial charge in [-0.05, 0) is 31.9 Å². The quantitative estimate of drug-likeness (QED) is 0.756. The molecule has 1 atom stereocenters. The van der Waals surface area contributed by atoms with E-state index in [1.807, 2.05) is 32.0 Å². The molecule has 1 aromatic carbocycles. The van der Waals surface area contributed by atoms with Crippen LogP contribution in [0.4, 0.5) is 0 Å². The lowest BCUT2D eigenvalue weighted by molar-refractivity contribution is -0.115. The number of aliphatic hydroxyl groups is 1. The minimum Gasteiger partial charge on any atom is -0.509 e. The summed E-state index contributed by atoms with van der Waals surface area (Å²) in [7, 11) is 0. The predicted molar refractivity (Wildman–Crippen MR) is 63.1 cm³/mol. The van der Waals surface area contributed by atoms with Crippen LogP contribution in [0.15, 0.2) is 24.0 Å². The Hall–Kier alpha value is -1.77. The van der Waals surface area contributed by atoms with Crippen molar-refractivity contribution >= 4 is 11.5 Å². The highest BCUT2D eigenvalue weighted by atomic mass is 16.3. The van der Waals surface area contributed by atoms with E-state index >= 15 is 0 Å². The summed E-state index contributed by atoms with van der Waals surface area (Å²) in [6.45, 7) is 5.67. The monoisotopic (exact) mass is 217 g/mol. The van der Waals surface area contributed by atoms with Crippen LogP contribution in [0, 0.1) is 13.8 Å². The van der Waals surface area contributed by atoms with Crippen LogP contribution in [-0.2, 0) is 4.79 Å². The van der Waals surface area contributed by atoms with Gasteiger partial charge >= 0.3 is 0 Å². The molecule has 0 fully saturated rings. The number of aliphatic hydroxyl groups excluding tert-OH is 1. The molecule has 0 spiro atoms. The second-order valence-electron chi connectivity index (χ2n) is 4.27. The number of benzene rings is 1. The van der Waals surface area contributed by atoms with Gasteiger partial charge in [0.15, 0.2) is 0 Å². The van der Waals surface area contributed by atoms with E-state index in [-0.39, 0.29) is 17.7 Å². The highest BCUT2D eigenvalue weighted by Crippen LogP contribution is 2.28. The molecule has 1 amide bonds. The zero-order chi connectivity index (χ0) is 11.9. The number of carbonyl (C=O) groups excluding carboxylic acids is 1. The molecule has 84 valence electrons. The average molecular weight is 217 g/mol. The van der Waals surface area contributed by atoms with E-state index in [0.717, 1.165) is 16.7 Å². The molecule has 0 radical (unpaired) electrons. The Bertz CT molecular complexity index is 489. The van der Waals surface area contributed by atoms with Crippen LogP contribution in [0.25, 0.3) is 5.57 Å². The number of aryl methyl sites for hydroxylation is 2. The molecule has 0 saturated heterocycles. The summed E-state index contributed by atoms with van der Waals surface area (Å²) in [5, 5.41) is 12.6. The molecule has 1 aliphatic heterocycles. The van der Waals surface area contributed by atoms with Gasteiger partial charge in [-0.1, -0.05) is 23.8 Å². The van der Waals surface area contributed by atoms with Crippen molar-refractivity contribution in [3.8, 4) is 0 Å². The SMILES string of the molecule is Cc1ccc(C)c(C2=C(O)C(C)NC2=O)c1. The fourth-order valence-electron chi connectivity index (χ4n) is 1.94. The number of carbonyl (C=O) groups is 1. The summed E-state index contributed by atoms with van der Waals surface area (Å²) >= 11 is 0. The highest BCUT2D eigenvalue weighted by Gasteiger charge is 2.30. The minimum atomic E-state index is -0.289. The Morgan fingerprint density at radius 2 is 2.00 bits per heavy atom. The van der Waals surface area contributed by atoms with E-state index < -0.39 is 0 Å². The first-order valence-corrected chi connectivity index (χ1v) is 5.32. The van der Waals surface area contributed by atoms with Crippen LogP contribution in [0.1, 0.15) is 23.6 Å². The van der Waals surface area contributed by atoms with Gasteiger partial charge in [-0.2, -0.15) is 0 Å². The van der Waals surface area contributed by atoms with Gasteiger partial charge in [0.1, 0.15) is 5.76 Å². The Morgan fingerprint density at radius 1 is 1.31 bits per heavy atom. The first-order chi connectivity index (χ1) is 7.50. The average Bonchev–Trinajstić information content (AvgIpc) is 2.46. The van der Waals surface area contributed by atoms with E-state index in [9.17, 15) is 9.90 Å². The third-order valence-corrected chi connectivity index (χ3v) is 2.90. The molecule has 3 nitrogen and oxygen atoms in total. The summed E-state index contributed by atoms with van der Waals surface area (Å²) in [5.41, 5.74) is 3.30. The Kier molecular flexibility index (Phi) is 2.46. The van der Waals surface area contributed by atoms with Gasteiger partial charge in [0.25, 0.3) is 5.91 Å². The standard InChI is InChI=1S/C13H15NO2/c1-7-4-5-8(2)10(6-7)11-12(15)9(3)14-13(11)16/h4-6,9,15H,1-3H3,(H,14,16). The van der Waals surface area contributed by atoms with E-state index in [1.165, 1.54) is 0 Å². The van der Waals surface area contributed by atoms with Gasteiger partial charge in [-0.25, -0.2) is 0 Å². The number of amides is 1. The van der Waals surface area contributed by atoms with Crippen LogP contribution in [0.2, 0.25) is 0 Å². The van der Waals surface area contributed by atoms with Gasteiger partial charge in [0.2, 0.25) is 0 Å². The zero-order valence-corrected chi connectivity index (χ0v) is 9.66. The van der Waals surface area contributed by atoms with Gasteiger partial charge in [0.05, 0.1) is 11.6 Å². The van der Waals surface area contributed by atoms with E-state index in [0.29, 0.717) is 5.57 Å². The second kappa shape index (κ2) is 3.67. The smallest absolute Gasteiger partial charge is 0.255 e. The number of hydrogen-bond acceptors (Lipinski definition) is 2. The molecule has 3 heteroatoms. The summed E-state index contributed by atoms with van der Waals surface area (Å²) in [6, 6.07) is 5.59. The molecule has 1 heterocycles. The minimum absolute atomic E-state index is 0.138. The Morgan fingerprint density at radius 3 is 2.56 bits per heavy atom. The molecule has 1 unspecified atom stereocenters. The van der Waals surface area contributed by atoms with Crippen LogP contribution in [-0.4, -0.2) is 17.1 Å². The van der Waals surface area contributed by atoms with E-state index in [4.69, 9.17) is 0 Å². The predicted octanol–water partition coefficient (Wildman–Crippen LogP) is 2.09. The van der Waals surface area contributed by atoms with Gasteiger partial charge in [-0.15, -0.1) is 0 Å². The largest absolute Gasteiger partial charge is 0.509 e. The third-order valence-electron chi connectivity index (χ3n) is 2.90. The molecule has 1 aliphatic rings. The molecule has 2 rings (SSSR count). The number of nitrogens with one attached hydrogen (secondary N) is 1. The first-order valence-electron chi connectivity index (χ1n) is 5.32. The summed E-state index contributed by atoms with van der Waals surface area (Å²) in [5.74, 6) is -0.0580. The maximum atomic E-state index is 11.7. The van der Waals surface area contributed by atoms with Gasteiger partial charge in [0, 0.05) is 0 Å². The lowest BCUT2D eigenvalue weighted by Gasteiger charge is -2.07. The first kappa shape index (κ1) is 10.7. The zero-order valence-electron chi connectivity index (χ0n) is 9.66. The van der Waals surface area contributed by atoms with Crippen LogP contribution in [0.5, 0.6) is 0 Å². The molecular weight excluding hydrogens is 202 g/mol. The van der Waals surface area contributed by atoms with Crippen LogP contribution < -0.4 is 5.32 Å². The second-order valence-corrected chi connectivity index (χ2v) is 4.27. The highest BCUT2D eigenvalue weighted by molar-refractivity contribution is 6.22. The fourth-order valence-corrected chi connectivity index (χ4v) is 1.94. The molecule has 16 heavy (non-hydrogen) atoms. The summed E-state index contributed by atoms with van der Waals surface area (Å²) in [4.78, 5) is 11.7. The lowest BCUT2D eigenvalue weighted by atomic mass is 9.97. The lowest BCUT2D eigenvalue weighted by Crippen LogP contribution is -2.25. The number of rotatable bonds is 1. The maximum absolute atomic E-state index is 11.7.